The minimum Gasteiger partial charge on any atom is -0.494 e. The first kappa shape index (κ1) is 15.7. The second kappa shape index (κ2) is 6.60. The number of ether oxygens (including phenoxy) is 1. The number of aromatic nitrogens is 2. The predicted molar refractivity (Wildman–Crippen MR) is 96.6 cm³/mol. The molecule has 1 aromatic carbocycles. The van der Waals surface area contributed by atoms with Gasteiger partial charge in [0.25, 0.3) is 0 Å². The van der Waals surface area contributed by atoms with Crippen molar-refractivity contribution in [1.29, 1.82) is 0 Å². The van der Waals surface area contributed by atoms with Crippen molar-refractivity contribution < 1.29 is 9.84 Å². The molecule has 0 spiro atoms. The highest BCUT2D eigenvalue weighted by molar-refractivity contribution is 7.09. The van der Waals surface area contributed by atoms with Gasteiger partial charge in [-0.2, -0.15) is 0 Å². The number of hydrogen-bond donors (Lipinski definition) is 2. The molecule has 0 bridgehead atoms. The molecule has 7 heteroatoms. The van der Waals surface area contributed by atoms with Crippen LogP contribution in [0.15, 0.2) is 47.4 Å². The van der Waals surface area contributed by atoms with Crippen LogP contribution < -0.4 is 14.5 Å². The van der Waals surface area contributed by atoms with Crippen LogP contribution in [0.3, 0.4) is 0 Å². The number of hydrogen-bond acceptors (Lipinski definition) is 6. The molecule has 2 aromatic heterocycles. The lowest BCUT2D eigenvalue weighted by molar-refractivity contribution is 0.331. The van der Waals surface area contributed by atoms with Gasteiger partial charge in [0.05, 0.1) is 11.4 Å². The van der Waals surface area contributed by atoms with E-state index >= 15 is 0 Å². The topological polar surface area (TPSA) is 78.5 Å². The lowest BCUT2D eigenvalue weighted by Gasteiger charge is -2.20. The minimum absolute atomic E-state index is 0.0451. The van der Waals surface area contributed by atoms with Crippen molar-refractivity contribution in [2.75, 3.05) is 18.1 Å². The van der Waals surface area contributed by atoms with E-state index in [-0.39, 0.29) is 10.8 Å². The third kappa shape index (κ3) is 3.36. The van der Waals surface area contributed by atoms with E-state index in [1.165, 1.54) is 0 Å². The van der Waals surface area contributed by atoms with Crippen LogP contribution in [0.25, 0.3) is 0 Å². The highest BCUT2D eigenvalue weighted by Gasteiger charge is 2.17. The Bertz CT molecular complexity index is 936. The Morgan fingerprint density at radius 3 is 3.00 bits per heavy atom. The van der Waals surface area contributed by atoms with Gasteiger partial charge in [-0.05, 0) is 29.8 Å². The molecule has 25 heavy (non-hydrogen) atoms. The molecular formula is C18H17N3O3S. The molecule has 0 aliphatic carbocycles. The molecule has 0 atom stereocenters. The van der Waals surface area contributed by atoms with Crippen LogP contribution in [0.2, 0.25) is 0 Å². The Hall–Kier alpha value is -2.80. The highest BCUT2D eigenvalue weighted by atomic mass is 32.1. The lowest BCUT2D eigenvalue weighted by atomic mass is 10.1. The maximum absolute atomic E-state index is 11.3. The molecule has 3 heterocycles. The van der Waals surface area contributed by atoms with Crippen molar-refractivity contribution in [2.24, 2.45) is 0 Å². The van der Waals surface area contributed by atoms with E-state index in [0.29, 0.717) is 24.4 Å². The number of nitrogens with zero attached hydrogens (tertiary/aromatic N) is 2. The van der Waals surface area contributed by atoms with Gasteiger partial charge >= 0.3 is 4.87 Å². The van der Waals surface area contributed by atoms with Gasteiger partial charge < -0.3 is 14.7 Å². The summed E-state index contributed by atoms with van der Waals surface area (Å²) in [5.41, 5.74) is 2.10. The van der Waals surface area contributed by atoms with E-state index in [2.05, 4.69) is 20.9 Å². The summed E-state index contributed by atoms with van der Waals surface area (Å²) in [6, 6.07) is 11.9. The van der Waals surface area contributed by atoms with Crippen molar-refractivity contribution >= 4 is 17.2 Å². The summed E-state index contributed by atoms with van der Waals surface area (Å²) in [7, 11) is 0. The molecule has 2 N–H and O–H groups in total. The molecule has 0 amide bonds. The Balaban J connectivity index is 1.61. The molecule has 6 nitrogen and oxygen atoms in total. The second-order valence-electron chi connectivity index (χ2n) is 5.86. The first-order valence-electron chi connectivity index (χ1n) is 8.00. The maximum Gasteiger partial charge on any atom is 0.307 e. The third-order valence-corrected chi connectivity index (χ3v) is 5.01. The summed E-state index contributed by atoms with van der Waals surface area (Å²) in [6.45, 7) is 2.07. The first-order valence-corrected chi connectivity index (χ1v) is 8.82. The van der Waals surface area contributed by atoms with E-state index in [9.17, 15) is 9.90 Å². The summed E-state index contributed by atoms with van der Waals surface area (Å²) in [6.07, 6.45) is 2.29. The van der Waals surface area contributed by atoms with Crippen LogP contribution in [0, 0.1) is 0 Å². The number of thiazole rings is 1. The zero-order valence-electron chi connectivity index (χ0n) is 13.4. The molecular weight excluding hydrogens is 338 g/mol. The van der Waals surface area contributed by atoms with Gasteiger partial charge in [-0.25, -0.2) is 4.98 Å². The number of fused-ring (bicyclic) bond motifs is 1. The van der Waals surface area contributed by atoms with Gasteiger partial charge in [-0.15, -0.1) is 0 Å². The monoisotopic (exact) mass is 355 g/mol. The van der Waals surface area contributed by atoms with Gasteiger partial charge in [-0.3, -0.25) is 9.78 Å². The fourth-order valence-corrected chi connectivity index (χ4v) is 3.71. The number of H-pyrrole nitrogens is 1. The average Bonchev–Trinajstić information content (AvgIpc) is 2.82. The SMILES string of the molecule is O=c1[nH]c(O)c(Cc2ccc3c(c2)CN(c2ccccn2)CCO3)s1. The van der Waals surface area contributed by atoms with Crippen molar-refractivity contribution in [3.05, 3.63) is 68.3 Å². The second-order valence-corrected chi connectivity index (χ2v) is 6.93. The predicted octanol–water partition coefficient (Wildman–Crippen LogP) is 2.53. The minimum atomic E-state index is -0.244. The molecule has 0 fully saturated rings. The Morgan fingerprint density at radius 2 is 2.24 bits per heavy atom. The molecule has 128 valence electrons. The highest BCUT2D eigenvalue weighted by Crippen LogP contribution is 2.28. The third-order valence-electron chi connectivity index (χ3n) is 4.14. The van der Waals surface area contributed by atoms with Gasteiger partial charge in [0.2, 0.25) is 5.88 Å². The zero-order valence-corrected chi connectivity index (χ0v) is 14.3. The number of anilines is 1. The summed E-state index contributed by atoms with van der Waals surface area (Å²) in [5, 5.41) is 9.78. The van der Waals surface area contributed by atoms with Crippen molar-refractivity contribution in [1.82, 2.24) is 9.97 Å². The van der Waals surface area contributed by atoms with Gasteiger partial charge in [0.15, 0.2) is 0 Å². The van der Waals surface area contributed by atoms with Crippen LogP contribution >= 0.6 is 11.3 Å². The van der Waals surface area contributed by atoms with Crippen LogP contribution in [0.5, 0.6) is 11.6 Å². The normalized spacial score (nSPS) is 13.8. The first-order chi connectivity index (χ1) is 12.2. The van der Waals surface area contributed by atoms with E-state index in [0.717, 1.165) is 40.6 Å². The summed E-state index contributed by atoms with van der Waals surface area (Å²) in [4.78, 5) is 20.8. The number of aromatic hydroxyl groups is 1. The summed E-state index contributed by atoms with van der Waals surface area (Å²) in [5.74, 6) is 1.75. The largest absolute Gasteiger partial charge is 0.494 e. The van der Waals surface area contributed by atoms with Gasteiger partial charge in [0.1, 0.15) is 18.2 Å². The van der Waals surface area contributed by atoms with Crippen LogP contribution in [0.4, 0.5) is 5.82 Å². The van der Waals surface area contributed by atoms with Crippen molar-refractivity contribution in [3.63, 3.8) is 0 Å². The van der Waals surface area contributed by atoms with E-state index in [1.807, 2.05) is 30.3 Å². The maximum atomic E-state index is 11.3. The van der Waals surface area contributed by atoms with Crippen LogP contribution in [-0.4, -0.2) is 28.2 Å². The average molecular weight is 355 g/mol. The molecule has 1 aliphatic rings. The fraction of sp³-hybridized carbons (Fsp3) is 0.222. The molecule has 1 aliphatic heterocycles. The van der Waals surface area contributed by atoms with Crippen molar-refractivity contribution in [3.8, 4) is 11.6 Å². The number of aromatic amines is 1. The summed E-state index contributed by atoms with van der Waals surface area (Å²) < 4.78 is 5.86. The van der Waals surface area contributed by atoms with E-state index in [1.54, 1.807) is 6.20 Å². The molecule has 0 saturated heterocycles. The quantitative estimate of drug-likeness (QED) is 0.755. The lowest BCUT2D eigenvalue weighted by Crippen LogP contribution is -2.25. The number of nitrogens with one attached hydrogen (secondary N) is 1. The number of pyridine rings is 1. The molecule has 0 saturated carbocycles. The van der Waals surface area contributed by atoms with E-state index < -0.39 is 0 Å². The molecule has 0 unspecified atom stereocenters. The fourth-order valence-electron chi connectivity index (χ4n) is 2.95. The standard InChI is InChI=1S/C18H17N3O3S/c22-17-15(25-18(23)20-17)10-12-4-5-14-13(9-12)11-21(7-8-24-14)16-3-1-2-6-19-16/h1-6,9,22H,7-8,10-11H2,(H,20,23). The molecule has 0 radical (unpaired) electrons. The smallest absolute Gasteiger partial charge is 0.307 e. The molecule has 4 rings (SSSR count). The zero-order chi connectivity index (χ0) is 17.2. The Labute approximate surface area is 148 Å². The Kier molecular flexibility index (Phi) is 4.15. The van der Waals surface area contributed by atoms with Crippen LogP contribution in [-0.2, 0) is 13.0 Å². The van der Waals surface area contributed by atoms with Gasteiger partial charge in [0, 0.05) is 24.7 Å². The van der Waals surface area contributed by atoms with E-state index in [4.69, 9.17) is 4.74 Å². The van der Waals surface area contributed by atoms with Crippen LogP contribution in [0.1, 0.15) is 16.0 Å². The van der Waals surface area contributed by atoms with Gasteiger partial charge in [-0.1, -0.05) is 23.5 Å². The van der Waals surface area contributed by atoms with Crippen molar-refractivity contribution in [2.45, 2.75) is 13.0 Å². The summed E-state index contributed by atoms with van der Waals surface area (Å²) >= 11 is 1.04. The number of rotatable bonds is 3. The Morgan fingerprint density at radius 1 is 1.32 bits per heavy atom. The number of benzene rings is 1. The molecule has 3 aromatic rings.